The van der Waals surface area contributed by atoms with Crippen molar-refractivity contribution in [3.05, 3.63) is 10.6 Å². The molecule has 4 nitrogen and oxygen atoms in total. The lowest BCUT2D eigenvalue weighted by atomic mass is 10.4. The Hall–Kier alpha value is -1.41. The van der Waals surface area contributed by atoms with Crippen LogP contribution in [0, 0.1) is 25.2 Å². The number of nitrogens with zero attached hydrogens (tertiary/aromatic N) is 2. The van der Waals surface area contributed by atoms with Crippen molar-refractivity contribution < 1.29 is 4.79 Å². The molecule has 0 spiro atoms. The molecule has 0 fully saturated rings. The molecule has 5 heteroatoms. The lowest BCUT2D eigenvalue weighted by Gasteiger charge is -1.89. The van der Waals surface area contributed by atoms with Gasteiger partial charge >= 0.3 is 5.91 Å². The Morgan fingerprint density at radius 3 is 2.75 bits per heavy atom. The van der Waals surface area contributed by atoms with Gasteiger partial charge in [-0.05, 0) is 13.8 Å². The number of carbonyl (C=O) groups excluding carboxylic acids is 1. The SMILES string of the molecule is Cc1nc(NC(=O)C#N)sc1C. The number of nitriles is 1. The van der Waals surface area contributed by atoms with Crippen molar-refractivity contribution in [2.75, 3.05) is 5.32 Å². The molecule has 0 saturated carbocycles. The molecule has 0 saturated heterocycles. The molecule has 0 unspecified atom stereocenters. The van der Waals surface area contributed by atoms with Crippen LogP contribution in [-0.4, -0.2) is 10.9 Å². The molecule has 12 heavy (non-hydrogen) atoms. The number of anilines is 1. The van der Waals surface area contributed by atoms with Gasteiger partial charge in [0.05, 0.1) is 5.69 Å². The summed E-state index contributed by atoms with van der Waals surface area (Å²) in [5.41, 5.74) is 0.883. The Kier molecular flexibility index (Phi) is 2.41. The van der Waals surface area contributed by atoms with Gasteiger partial charge in [0.25, 0.3) is 0 Å². The summed E-state index contributed by atoms with van der Waals surface area (Å²) in [6, 6.07) is 1.46. The third-order valence-corrected chi connectivity index (χ3v) is 2.34. The fourth-order valence-corrected chi connectivity index (χ4v) is 1.46. The van der Waals surface area contributed by atoms with Crippen LogP contribution in [0.15, 0.2) is 0 Å². The zero-order valence-electron chi connectivity index (χ0n) is 6.71. The van der Waals surface area contributed by atoms with E-state index in [9.17, 15) is 4.79 Å². The Labute approximate surface area is 73.9 Å². The van der Waals surface area contributed by atoms with Gasteiger partial charge in [0.1, 0.15) is 0 Å². The van der Waals surface area contributed by atoms with Crippen LogP contribution in [0.5, 0.6) is 0 Å². The number of nitrogens with one attached hydrogen (secondary N) is 1. The second-order valence-electron chi connectivity index (χ2n) is 2.23. The minimum absolute atomic E-state index is 0.483. The molecule has 1 N–H and O–H groups in total. The van der Waals surface area contributed by atoms with Gasteiger partial charge in [-0.15, -0.1) is 11.3 Å². The maximum absolute atomic E-state index is 10.6. The van der Waals surface area contributed by atoms with E-state index in [1.54, 1.807) is 0 Å². The molecule has 1 aromatic heterocycles. The van der Waals surface area contributed by atoms with Crippen LogP contribution in [0.4, 0.5) is 5.13 Å². The Morgan fingerprint density at radius 2 is 2.33 bits per heavy atom. The minimum Gasteiger partial charge on any atom is -0.289 e. The van der Waals surface area contributed by atoms with E-state index in [4.69, 9.17) is 5.26 Å². The highest BCUT2D eigenvalue weighted by Crippen LogP contribution is 2.20. The van der Waals surface area contributed by atoms with Crippen LogP contribution in [0.2, 0.25) is 0 Å². The minimum atomic E-state index is -0.677. The fourth-order valence-electron chi connectivity index (χ4n) is 0.651. The van der Waals surface area contributed by atoms with Gasteiger partial charge in [0.15, 0.2) is 11.2 Å². The molecule has 0 aliphatic carbocycles. The molecular formula is C7H7N3OS. The van der Waals surface area contributed by atoms with E-state index in [2.05, 4.69) is 10.3 Å². The monoisotopic (exact) mass is 181 g/mol. The van der Waals surface area contributed by atoms with Crippen molar-refractivity contribution >= 4 is 22.4 Å². The van der Waals surface area contributed by atoms with Crippen LogP contribution in [-0.2, 0) is 4.79 Å². The maximum atomic E-state index is 10.6. The van der Waals surface area contributed by atoms with Crippen molar-refractivity contribution in [1.29, 1.82) is 5.26 Å². The molecule has 0 aliphatic rings. The number of rotatable bonds is 1. The number of amides is 1. The van der Waals surface area contributed by atoms with Gasteiger partial charge in [0.2, 0.25) is 0 Å². The van der Waals surface area contributed by atoms with E-state index in [1.807, 2.05) is 13.8 Å². The first-order valence-electron chi connectivity index (χ1n) is 3.28. The van der Waals surface area contributed by atoms with Crippen LogP contribution >= 0.6 is 11.3 Å². The van der Waals surface area contributed by atoms with E-state index in [0.717, 1.165) is 10.6 Å². The molecule has 62 valence electrons. The van der Waals surface area contributed by atoms with E-state index in [-0.39, 0.29) is 0 Å². The average molecular weight is 181 g/mol. The van der Waals surface area contributed by atoms with Gasteiger partial charge in [0, 0.05) is 4.88 Å². The highest BCUT2D eigenvalue weighted by Gasteiger charge is 2.05. The number of carbonyl (C=O) groups is 1. The third kappa shape index (κ3) is 1.80. The summed E-state index contributed by atoms with van der Waals surface area (Å²) >= 11 is 1.36. The average Bonchev–Trinajstić information content (AvgIpc) is 2.31. The number of hydrogen-bond acceptors (Lipinski definition) is 4. The Bertz CT molecular complexity index is 331. The smallest absolute Gasteiger partial charge is 0.289 e. The van der Waals surface area contributed by atoms with E-state index in [1.165, 1.54) is 17.4 Å². The van der Waals surface area contributed by atoms with Crippen molar-refractivity contribution in [2.45, 2.75) is 13.8 Å². The molecule has 0 aromatic carbocycles. The Morgan fingerprint density at radius 1 is 1.67 bits per heavy atom. The maximum Gasteiger partial charge on any atom is 0.328 e. The lowest BCUT2D eigenvalue weighted by molar-refractivity contribution is -0.111. The molecule has 0 radical (unpaired) electrons. The number of aryl methyl sites for hydroxylation is 2. The number of aromatic nitrogens is 1. The second-order valence-corrected chi connectivity index (χ2v) is 3.43. The largest absolute Gasteiger partial charge is 0.328 e. The summed E-state index contributed by atoms with van der Waals surface area (Å²) in [6.45, 7) is 3.77. The quantitative estimate of drug-likeness (QED) is 0.662. The van der Waals surface area contributed by atoms with E-state index >= 15 is 0 Å². The highest BCUT2D eigenvalue weighted by molar-refractivity contribution is 7.15. The summed E-state index contributed by atoms with van der Waals surface area (Å²) < 4.78 is 0. The van der Waals surface area contributed by atoms with Gasteiger partial charge in [-0.2, -0.15) is 5.26 Å². The fraction of sp³-hybridized carbons (Fsp3) is 0.286. The first-order valence-corrected chi connectivity index (χ1v) is 4.10. The number of thiazole rings is 1. The molecule has 0 atom stereocenters. The van der Waals surface area contributed by atoms with Crippen molar-refractivity contribution in [3.8, 4) is 6.07 Å². The molecule has 1 rings (SSSR count). The number of hydrogen-bond donors (Lipinski definition) is 1. The van der Waals surface area contributed by atoms with Gasteiger partial charge in [-0.3, -0.25) is 10.1 Å². The molecule has 1 aromatic rings. The summed E-state index contributed by atoms with van der Waals surface area (Å²) in [5.74, 6) is -0.677. The zero-order chi connectivity index (χ0) is 9.14. The first-order chi connectivity index (χ1) is 5.63. The van der Waals surface area contributed by atoms with Crippen molar-refractivity contribution in [1.82, 2.24) is 4.98 Å². The summed E-state index contributed by atoms with van der Waals surface area (Å²) in [5, 5.41) is 11.0. The summed E-state index contributed by atoms with van der Waals surface area (Å²) in [4.78, 5) is 15.7. The third-order valence-electron chi connectivity index (χ3n) is 1.35. The standard InChI is InChI=1S/C7H7N3OS/c1-4-5(2)12-7(9-4)10-6(11)3-8/h1-2H3,(H,9,10,11). The molecular weight excluding hydrogens is 174 g/mol. The normalized spacial score (nSPS) is 9.08. The molecule has 1 heterocycles. The van der Waals surface area contributed by atoms with Gasteiger partial charge in [-0.1, -0.05) is 0 Å². The van der Waals surface area contributed by atoms with Crippen LogP contribution in [0.1, 0.15) is 10.6 Å². The summed E-state index contributed by atoms with van der Waals surface area (Å²) in [6.07, 6.45) is 0. The predicted molar refractivity (Wildman–Crippen MR) is 45.8 cm³/mol. The molecule has 0 bridgehead atoms. The molecule has 1 amide bonds. The highest BCUT2D eigenvalue weighted by atomic mass is 32.1. The first kappa shape index (κ1) is 8.68. The summed E-state index contributed by atoms with van der Waals surface area (Å²) in [7, 11) is 0. The van der Waals surface area contributed by atoms with Crippen molar-refractivity contribution in [3.63, 3.8) is 0 Å². The van der Waals surface area contributed by atoms with Crippen LogP contribution in [0.25, 0.3) is 0 Å². The second kappa shape index (κ2) is 3.32. The van der Waals surface area contributed by atoms with E-state index < -0.39 is 5.91 Å². The Balaban J connectivity index is 2.79. The lowest BCUT2D eigenvalue weighted by Crippen LogP contribution is -2.07. The molecule has 0 aliphatic heterocycles. The van der Waals surface area contributed by atoms with Gasteiger partial charge < -0.3 is 0 Å². The zero-order valence-corrected chi connectivity index (χ0v) is 7.53. The predicted octanol–water partition coefficient (Wildman–Crippen LogP) is 1.22. The van der Waals surface area contributed by atoms with Crippen LogP contribution < -0.4 is 5.32 Å². The van der Waals surface area contributed by atoms with Gasteiger partial charge in [-0.25, -0.2) is 4.98 Å². The van der Waals surface area contributed by atoms with Crippen LogP contribution in [0.3, 0.4) is 0 Å². The van der Waals surface area contributed by atoms with Crippen molar-refractivity contribution in [2.24, 2.45) is 0 Å². The topological polar surface area (TPSA) is 65.8 Å². The van der Waals surface area contributed by atoms with E-state index in [0.29, 0.717) is 5.13 Å².